The fourth-order valence-corrected chi connectivity index (χ4v) is 0.809. The second-order valence-electron chi connectivity index (χ2n) is 2.37. The van der Waals surface area contributed by atoms with E-state index in [1.165, 1.54) is 0 Å². The lowest BCUT2D eigenvalue weighted by Crippen LogP contribution is -2.26. The molecule has 0 saturated carbocycles. The molecule has 0 unspecified atom stereocenters. The van der Waals surface area contributed by atoms with Gasteiger partial charge in [0.05, 0.1) is 0 Å². The number of hydrogen-bond donors (Lipinski definition) is 2. The van der Waals surface area contributed by atoms with Gasteiger partial charge in [0, 0.05) is 6.54 Å². The summed E-state index contributed by atoms with van der Waals surface area (Å²) in [7, 11) is 0. The molecule has 1 amide bonds. The van der Waals surface area contributed by atoms with Crippen molar-refractivity contribution in [3.8, 4) is 0 Å². The van der Waals surface area contributed by atoms with Crippen molar-refractivity contribution in [1.29, 1.82) is 0 Å². The van der Waals surface area contributed by atoms with Crippen LogP contribution in [-0.4, -0.2) is 17.7 Å². The van der Waals surface area contributed by atoms with E-state index in [0.717, 1.165) is 12.8 Å². The molecule has 0 fully saturated rings. The fourth-order valence-electron chi connectivity index (χ4n) is 0.809. The van der Waals surface area contributed by atoms with Gasteiger partial charge in [0.1, 0.15) is 0 Å². The van der Waals surface area contributed by atoms with Crippen molar-refractivity contribution in [1.82, 2.24) is 5.32 Å². The van der Waals surface area contributed by atoms with Gasteiger partial charge in [-0.1, -0.05) is 26.7 Å². The van der Waals surface area contributed by atoms with Gasteiger partial charge in [0.25, 0.3) is 0 Å². The van der Waals surface area contributed by atoms with Crippen LogP contribution in [0.2, 0.25) is 0 Å². The highest BCUT2D eigenvalue weighted by Gasteiger charge is 2.03. The van der Waals surface area contributed by atoms with Crippen molar-refractivity contribution >= 4 is 6.09 Å². The smallest absolute Gasteiger partial charge is 0.404 e. The van der Waals surface area contributed by atoms with Crippen LogP contribution in [0.5, 0.6) is 0 Å². The monoisotopic (exact) mass is 145 g/mol. The van der Waals surface area contributed by atoms with Crippen molar-refractivity contribution in [2.24, 2.45) is 5.92 Å². The van der Waals surface area contributed by atoms with Gasteiger partial charge in [-0.3, -0.25) is 0 Å². The third-order valence-corrected chi connectivity index (χ3v) is 1.70. The Morgan fingerprint density at radius 3 is 2.30 bits per heavy atom. The Morgan fingerprint density at radius 1 is 1.50 bits per heavy atom. The summed E-state index contributed by atoms with van der Waals surface area (Å²) in [5.41, 5.74) is 0. The number of carboxylic acid groups (broad SMARTS) is 1. The lowest BCUT2D eigenvalue weighted by atomic mass is 10.0. The summed E-state index contributed by atoms with van der Waals surface area (Å²) in [6, 6.07) is 0. The Kier molecular flexibility index (Phi) is 4.72. The molecule has 0 heterocycles. The molecule has 0 aliphatic heterocycles. The van der Waals surface area contributed by atoms with Gasteiger partial charge in [-0.15, -0.1) is 0 Å². The molecule has 0 saturated heterocycles. The molecule has 0 aromatic rings. The third kappa shape index (κ3) is 4.18. The molecule has 0 rings (SSSR count). The Hall–Kier alpha value is -0.730. The maximum absolute atomic E-state index is 10.0. The summed E-state index contributed by atoms with van der Waals surface area (Å²) in [6.45, 7) is 4.72. The molecule has 0 aliphatic carbocycles. The van der Waals surface area contributed by atoms with E-state index >= 15 is 0 Å². The molecule has 0 atom stereocenters. The number of rotatable bonds is 4. The lowest BCUT2D eigenvalue weighted by molar-refractivity contribution is 0.192. The van der Waals surface area contributed by atoms with Gasteiger partial charge in [-0.2, -0.15) is 0 Å². The average molecular weight is 145 g/mol. The number of nitrogens with one attached hydrogen (secondary N) is 1. The topological polar surface area (TPSA) is 49.3 Å². The van der Waals surface area contributed by atoms with E-state index in [4.69, 9.17) is 5.11 Å². The molecule has 60 valence electrons. The van der Waals surface area contributed by atoms with Gasteiger partial charge < -0.3 is 10.4 Å². The van der Waals surface area contributed by atoms with Crippen LogP contribution in [0.15, 0.2) is 0 Å². The summed E-state index contributed by atoms with van der Waals surface area (Å²) < 4.78 is 0. The van der Waals surface area contributed by atoms with E-state index in [1.54, 1.807) is 0 Å². The van der Waals surface area contributed by atoms with E-state index in [9.17, 15) is 4.79 Å². The SMILES string of the molecule is CCC(CC)CNC(=O)O. The predicted molar refractivity (Wildman–Crippen MR) is 40.1 cm³/mol. The second kappa shape index (κ2) is 5.09. The number of carbonyl (C=O) groups is 1. The van der Waals surface area contributed by atoms with E-state index < -0.39 is 6.09 Å². The minimum absolute atomic E-state index is 0.496. The molecule has 0 aromatic heterocycles. The predicted octanol–water partition coefficient (Wildman–Crippen LogP) is 1.69. The van der Waals surface area contributed by atoms with Gasteiger partial charge in [0.15, 0.2) is 0 Å². The van der Waals surface area contributed by atoms with E-state index in [2.05, 4.69) is 19.2 Å². The van der Waals surface area contributed by atoms with Crippen LogP contribution in [0.4, 0.5) is 4.79 Å². The van der Waals surface area contributed by atoms with E-state index in [-0.39, 0.29) is 0 Å². The molecule has 0 aromatic carbocycles. The quantitative estimate of drug-likeness (QED) is 0.632. The molecule has 0 radical (unpaired) electrons. The molecular formula is C7H15NO2. The maximum atomic E-state index is 10.0. The molecule has 0 aliphatic rings. The van der Waals surface area contributed by atoms with Crippen molar-refractivity contribution in [2.45, 2.75) is 26.7 Å². The van der Waals surface area contributed by atoms with Gasteiger partial charge in [-0.05, 0) is 5.92 Å². The first-order valence-corrected chi connectivity index (χ1v) is 3.67. The summed E-state index contributed by atoms with van der Waals surface area (Å²) in [5, 5.41) is 10.6. The summed E-state index contributed by atoms with van der Waals surface area (Å²) in [6.07, 6.45) is 1.15. The highest BCUT2D eigenvalue weighted by molar-refractivity contribution is 5.64. The first-order valence-electron chi connectivity index (χ1n) is 3.67. The minimum Gasteiger partial charge on any atom is -0.465 e. The zero-order chi connectivity index (χ0) is 7.98. The lowest BCUT2D eigenvalue weighted by Gasteiger charge is -2.10. The summed E-state index contributed by atoms with van der Waals surface area (Å²) >= 11 is 0. The molecule has 3 heteroatoms. The van der Waals surface area contributed by atoms with Crippen molar-refractivity contribution < 1.29 is 9.90 Å². The zero-order valence-electron chi connectivity index (χ0n) is 6.55. The standard InChI is InChI=1S/C7H15NO2/c1-3-6(4-2)5-8-7(9)10/h6,8H,3-5H2,1-2H3,(H,9,10). The van der Waals surface area contributed by atoms with Crippen LogP contribution in [-0.2, 0) is 0 Å². The molecular weight excluding hydrogens is 130 g/mol. The highest BCUT2D eigenvalue weighted by atomic mass is 16.4. The first-order chi connectivity index (χ1) is 4.70. The second-order valence-corrected chi connectivity index (χ2v) is 2.37. The molecule has 3 nitrogen and oxygen atoms in total. The Labute approximate surface area is 61.4 Å². The fraction of sp³-hybridized carbons (Fsp3) is 0.857. The molecule has 10 heavy (non-hydrogen) atoms. The van der Waals surface area contributed by atoms with Crippen molar-refractivity contribution in [2.75, 3.05) is 6.54 Å². The third-order valence-electron chi connectivity index (χ3n) is 1.70. The first kappa shape index (κ1) is 9.27. The summed E-state index contributed by atoms with van der Waals surface area (Å²) in [4.78, 5) is 10.0. The van der Waals surface area contributed by atoms with Crippen LogP contribution in [0.1, 0.15) is 26.7 Å². The largest absolute Gasteiger partial charge is 0.465 e. The van der Waals surface area contributed by atoms with E-state index in [0.29, 0.717) is 12.5 Å². The Bertz CT molecular complexity index is 99.8. The van der Waals surface area contributed by atoms with Gasteiger partial charge in [-0.25, -0.2) is 4.79 Å². The summed E-state index contributed by atoms with van der Waals surface area (Å²) in [5.74, 6) is 0.496. The van der Waals surface area contributed by atoms with Gasteiger partial charge in [0.2, 0.25) is 0 Å². The molecule has 2 N–H and O–H groups in total. The molecule has 0 bridgehead atoms. The number of hydrogen-bond acceptors (Lipinski definition) is 1. The minimum atomic E-state index is -0.924. The van der Waals surface area contributed by atoms with Crippen LogP contribution in [0.25, 0.3) is 0 Å². The van der Waals surface area contributed by atoms with Crippen molar-refractivity contribution in [3.05, 3.63) is 0 Å². The number of amides is 1. The average Bonchev–Trinajstić information content (AvgIpc) is 1.90. The van der Waals surface area contributed by atoms with Crippen LogP contribution >= 0.6 is 0 Å². The van der Waals surface area contributed by atoms with E-state index in [1.807, 2.05) is 0 Å². The molecule has 0 spiro atoms. The van der Waals surface area contributed by atoms with Gasteiger partial charge >= 0.3 is 6.09 Å². The Balaban J connectivity index is 3.34. The zero-order valence-corrected chi connectivity index (χ0v) is 6.55. The van der Waals surface area contributed by atoms with Crippen LogP contribution in [0.3, 0.4) is 0 Å². The Morgan fingerprint density at radius 2 is 2.00 bits per heavy atom. The highest BCUT2D eigenvalue weighted by Crippen LogP contribution is 2.04. The van der Waals surface area contributed by atoms with Crippen molar-refractivity contribution in [3.63, 3.8) is 0 Å². The van der Waals surface area contributed by atoms with Crippen LogP contribution in [0, 0.1) is 5.92 Å². The maximum Gasteiger partial charge on any atom is 0.404 e. The van der Waals surface area contributed by atoms with Crippen LogP contribution < -0.4 is 5.32 Å². The normalized spacial score (nSPS) is 9.90.